The molecule has 1 aromatic rings. The Labute approximate surface area is 114 Å². The van der Waals surface area contributed by atoms with Crippen molar-refractivity contribution in [2.24, 2.45) is 0 Å². The fraction of sp³-hybridized carbons (Fsp3) is 0.571. The van der Waals surface area contributed by atoms with E-state index in [0.717, 1.165) is 31.0 Å². The molecule has 0 spiro atoms. The van der Waals surface area contributed by atoms with Gasteiger partial charge in [0.2, 0.25) is 0 Å². The minimum Gasteiger partial charge on any atom is -0.387 e. The number of hydrogen-bond donors (Lipinski definition) is 1. The zero-order chi connectivity index (χ0) is 14.0. The molecule has 19 heavy (non-hydrogen) atoms. The fourth-order valence-electron chi connectivity index (χ4n) is 2.34. The largest absolute Gasteiger partial charge is 0.387 e. The van der Waals surface area contributed by atoms with Gasteiger partial charge in [0.1, 0.15) is 0 Å². The third kappa shape index (κ3) is 2.87. The molecule has 5 nitrogen and oxygen atoms in total. The summed E-state index contributed by atoms with van der Waals surface area (Å²) < 4.78 is 0. The van der Waals surface area contributed by atoms with Gasteiger partial charge in [-0.25, -0.2) is 0 Å². The number of anilines is 1. The Bertz CT molecular complexity index is 475. The number of aryl methyl sites for hydroxylation is 1. The van der Waals surface area contributed by atoms with E-state index in [2.05, 4.69) is 29.2 Å². The number of rotatable bonds is 2. The first kappa shape index (κ1) is 13.8. The van der Waals surface area contributed by atoms with Crippen molar-refractivity contribution in [2.75, 3.05) is 39.0 Å². The van der Waals surface area contributed by atoms with Gasteiger partial charge in [0.25, 0.3) is 5.91 Å². The van der Waals surface area contributed by atoms with Gasteiger partial charge in [0, 0.05) is 44.6 Å². The van der Waals surface area contributed by atoms with Crippen LogP contribution in [0.25, 0.3) is 0 Å². The zero-order valence-electron chi connectivity index (χ0n) is 12.1. The average Bonchev–Trinajstić information content (AvgIpc) is 2.41. The number of piperazine rings is 1. The summed E-state index contributed by atoms with van der Waals surface area (Å²) in [6, 6.07) is 2.31. The summed E-state index contributed by atoms with van der Waals surface area (Å²) in [4.78, 5) is 21.0. The van der Waals surface area contributed by atoms with Gasteiger partial charge in [-0.3, -0.25) is 9.78 Å². The first-order valence-electron chi connectivity index (χ1n) is 6.67. The summed E-state index contributed by atoms with van der Waals surface area (Å²) in [5.74, 6) is 0.0665. The molecule has 1 N–H and O–H groups in total. The van der Waals surface area contributed by atoms with Crippen LogP contribution in [0.15, 0.2) is 12.3 Å². The van der Waals surface area contributed by atoms with E-state index < -0.39 is 0 Å². The highest BCUT2D eigenvalue weighted by molar-refractivity contribution is 5.99. The van der Waals surface area contributed by atoms with Crippen molar-refractivity contribution < 1.29 is 4.79 Å². The lowest BCUT2D eigenvalue weighted by Gasteiger charge is -2.37. The lowest BCUT2D eigenvalue weighted by atomic mass is 10.1. The molecule has 1 aromatic heterocycles. The minimum absolute atomic E-state index is 0.0665. The second-order valence-electron chi connectivity index (χ2n) is 5.20. The van der Waals surface area contributed by atoms with Crippen molar-refractivity contribution in [1.29, 1.82) is 0 Å². The SMILES string of the molecule is CNc1cc(C)ncc1C(=O)N1CCN(C)C(C)C1. The van der Waals surface area contributed by atoms with Crippen LogP contribution < -0.4 is 5.32 Å². The Hall–Kier alpha value is -1.62. The summed E-state index contributed by atoms with van der Waals surface area (Å²) in [7, 11) is 3.93. The predicted molar refractivity (Wildman–Crippen MR) is 76.5 cm³/mol. The molecule has 1 amide bonds. The van der Waals surface area contributed by atoms with Crippen molar-refractivity contribution in [3.8, 4) is 0 Å². The summed E-state index contributed by atoms with van der Waals surface area (Å²) >= 11 is 0. The van der Waals surface area contributed by atoms with E-state index in [4.69, 9.17) is 0 Å². The fourth-order valence-corrected chi connectivity index (χ4v) is 2.34. The highest BCUT2D eigenvalue weighted by Crippen LogP contribution is 2.19. The number of carbonyl (C=O) groups is 1. The molecule has 2 rings (SSSR count). The van der Waals surface area contributed by atoms with Gasteiger partial charge in [-0.15, -0.1) is 0 Å². The van der Waals surface area contributed by atoms with Gasteiger partial charge >= 0.3 is 0 Å². The van der Waals surface area contributed by atoms with Crippen LogP contribution in [0.3, 0.4) is 0 Å². The van der Waals surface area contributed by atoms with Crippen LogP contribution in [0.1, 0.15) is 23.0 Å². The Kier molecular flexibility index (Phi) is 4.04. The van der Waals surface area contributed by atoms with Gasteiger partial charge in [-0.05, 0) is 27.0 Å². The molecule has 1 aliphatic rings. The topological polar surface area (TPSA) is 48.5 Å². The van der Waals surface area contributed by atoms with Crippen molar-refractivity contribution in [2.45, 2.75) is 19.9 Å². The van der Waals surface area contributed by atoms with Crippen LogP contribution >= 0.6 is 0 Å². The quantitative estimate of drug-likeness (QED) is 0.870. The maximum absolute atomic E-state index is 12.6. The van der Waals surface area contributed by atoms with Crippen LogP contribution in [-0.4, -0.2) is 60.5 Å². The van der Waals surface area contributed by atoms with Crippen LogP contribution in [0.2, 0.25) is 0 Å². The Morgan fingerprint density at radius 3 is 2.84 bits per heavy atom. The molecule has 0 aliphatic carbocycles. The van der Waals surface area contributed by atoms with E-state index >= 15 is 0 Å². The second kappa shape index (κ2) is 5.57. The molecule has 1 fully saturated rings. The number of hydrogen-bond acceptors (Lipinski definition) is 4. The lowest BCUT2D eigenvalue weighted by molar-refractivity contribution is 0.0573. The van der Waals surface area contributed by atoms with E-state index in [9.17, 15) is 4.79 Å². The van der Waals surface area contributed by atoms with Gasteiger partial charge < -0.3 is 15.1 Å². The number of aromatic nitrogens is 1. The predicted octanol–water partition coefficient (Wildman–Crippen LogP) is 1.21. The molecule has 0 bridgehead atoms. The minimum atomic E-state index is 0.0665. The Morgan fingerprint density at radius 2 is 2.21 bits per heavy atom. The van der Waals surface area contributed by atoms with Gasteiger partial charge in [0.15, 0.2) is 0 Å². The first-order chi connectivity index (χ1) is 9.02. The van der Waals surface area contributed by atoms with E-state index in [0.29, 0.717) is 11.6 Å². The van der Waals surface area contributed by atoms with Crippen molar-refractivity contribution in [1.82, 2.24) is 14.8 Å². The highest BCUT2D eigenvalue weighted by atomic mass is 16.2. The number of amides is 1. The monoisotopic (exact) mass is 262 g/mol. The van der Waals surface area contributed by atoms with E-state index in [-0.39, 0.29) is 5.91 Å². The summed E-state index contributed by atoms with van der Waals surface area (Å²) in [5, 5.41) is 3.08. The Morgan fingerprint density at radius 1 is 1.47 bits per heavy atom. The molecule has 0 radical (unpaired) electrons. The maximum Gasteiger partial charge on any atom is 0.257 e. The Balaban J connectivity index is 2.20. The lowest BCUT2D eigenvalue weighted by Crippen LogP contribution is -2.52. The standard InChI is InChI=1S/C14H22N4O/c1-10-7-13(15-3)12(8-16-10)14(19)18-6-5-17(4)11(2)9-18/h7-8,11H,5-6,9H2,1-4H3,(H,15,16). The molecule has 2 heterocycles. The molecule has 1 unspecified atom stereocenters. The molecule has 0 saturated carbocycles. The van der Waals surface area contributed by atoms with Crippen molar-refractivity contribution in [3.05, 3.63) is 23.5 Å². The van der Waals surface area contributed by atoms with Crippen LogP contribution in [0.4, 0.5) is 5.69 Å². The number of carbonyl (C=O) groups excluding carboxylic acids is 1. The normalized spacial score (nSPS) is 20.4. The molecule has 1 aliphatic heterocycles. The van der Waals surface area contributed by atoms with Crippen LogP contribution in [0.5, 0.6) is 0 Å². The van der Waals surface area contributed by atoms with Gasteiger partial charge in [-0.2, -0.15) is 0 Å². The maximum atomic E-state index is 12.6. The van der Waals surface area contributed by atoms with Gasteiger partial charge in [0.05, 0.1) is 11.3 Å². The highest BCUT2D eigenvalue weighted by Gasteiger charge is 2.26. The number of nitrogens with zero attached hydrogens (tertiary/aromatic N) is 3. The van der Waals surface area contributed by atoms with Crippen LogP contribution in [0, 0.1) is 6.92 Å². The molecular weight excluding hydrogens is 240 g/mol. The average molecular weight is 262 g/mol. The van der Waals surface area contributed by atoms with Crippen molar-refractivity contribution in [3.63, 3.8) is 0 Å². The third-order valence-electron chi connectivity index (χ3n) is 3.79. The summed E-state index contributed by atoms with van der Waals surface area (Å²) in [6.45, 7) is 6.53. The third-order valence-corrected chi connectivity index (χ3v) is 3.79. The number of likely N-dealkylation sites (N-methyl/N-ethyl adjacent to an activating group) is 1. The van der Waals surface area contributed by atoms with E-state index in [1.54, 1.807) is 6.20 Å². The van der Waals surface area contributed by atoms with Crippen molar-refractivity contribution >= 4 is 11.6 Å². The molecule has 1 atom stereocenters. The molecule has 104 valence electrons. The number of pyridine rings is 1. The molecule has 0 aromatic carbocycles. The van der Waals surface area contributed by atoms with E-state index in [1.165, 1.54) is 0 Å². The van der Waals surface area contributed by atoms with Gasteiger partial charge in [-0.1, -0.05) is 0 Å². The smallest absolute Gasteiger partial charge is 0.257 e. The van der Waals surface area contributed by atoms with Crippen LogP contribution in [-0.2, 0) is 0 Å². The molecular formula is C14H22N4O. The number of nitrogens with one attached hydrogen (secondary N) is 1. The second-order valence-corrected chi connectivity index (χ2v) is 5.20. The summed E-state index contributed by atoms with van der Waals surface area (Å²) in [5.41, 5.74) is 2.42. The zero-order valence-corrected chi connectivity index (χ0v) is 12.1. The molecule has 5 heteroatoms. The first-order valence-corrected chi connectivity index (χ1v) is 6.67. The summed E-state index contributed by atoms with van der Waals surface area (Å²) in [6.07, 6.45) is 1.67. The molecule has 1 saturated heterocycles. The van der Waals surface area contributed by atoms with E-state index in [1.807, 2.05) is 24.9 Å².